The fraction of sp³-hybridized carbons (Fsp3) is 0.308. The lowest BCUT2D eigenvalue weighted by Crippen LogP contribution is -1.94. The summed E-state index contributed by atoms with van der Waals surface area (Å²) in [6.45, 7) is 0.603. The number of nitrogens with two attached hydrogens (primary N) is 1. The third-order valence-electron chi connectivity index (χ3n) is 3.20. The summed E-state index contributed by atoms with van der Waals surface area (Å²) >= 11 is 1.76. The van der Waals surface area contributed by atoms with Gasteiger partial charge in [-0.1, -0.05) is 24.3 Å². The second kappa shape index (κ2) is 4.00. The van der Waals surface area contributed by atoms with Crippen LogP contribution in [0.5, 0.6) is 0 Å². The maximum Gasteiger partial charge on any atom is 0.100 e. The Morgan fingerprint density at radius 1 is 1.38 bits per heavy atom. The van der Waals surface area contributed by atoms with Gasteiger partial charge in [0.05, 0.1) is 0 Å². The van der Waals surface area contributed by atoms with E-state index in [9.17, 15) is 0 Å². The molecular weight excluding hydrogens is 216 g/mol. The molecule has 2 N–H and O–H groups in total. The highest BCUT2D eigenvalue weighted by Gasteiger charge is 2.25. The fourth-order valence-electron chi connectivity index (χ4n) is 2.39. The van der Waals surface area contributed by atoms with Gasteiger partial charge in [0.1, 0.15) is 5.01 Å². The molecule has 0 bridgehead atoms. The average Bonchev–Trinajstić information content (AvgIpc) is 2.94. The van der Waals surface area contributed by atoms with Crippen LogP contribution in [0.3, 0.4) is 0 Å². The molecule has 1 aliphatic carbocycles. The van der Waals surface area contributed by atoms with Crippen molar-refractivity contribution in [2.24, 2.45) is 5.73 Å². The van der Waals surface area contributed by atoms with E-state index in [1.165, 1.54) is 33.9 Å². The van der Waals surface area contributed by atoms with E-state index in [0.29, 0.717) is 12.5 Å². The van der Waals surface area contributed by atoms with Crippen molar-refractivity contribution in [3.8, 4) is 0 Å². The summed E-state index contributed by atoms with van der Waals surface area (Å²) in [4.78, 5) is 5.69. The van der Waals surface area contributed by atoms with Crippen LogP contribution in [-0.2, 0) is 13.0 Å². The zero-order valence-corrected chi connectivity index (χ0v) is 9.83. The number of aryl methyl sites for hydroxylation is 1. The SMILES string of the molecule is NCc1cnc(C2CCc3ccccc32)s1. The Morgan fingerprint density at radius 2 is 2.25 bits per heavy atom. The van der Waals surface area contributed by atoms with E-state index in [-0.39, 0.29) is 0 Å². The van der Waals surface area contributed by atoms with E-state index in [1.54, 1.807) is 11.3 Å². The second-order valence-electron chi connectivity index (χ2n) is 4.16. The highest BCUT2D eigenvalue weighted by atomic mass is 32.1. The van der Waals surface area contributed by atoms with Crippen LogP contribution in [0.4, 0.5) is 0 Å². The predicted octanol–water partition coefficient (Wildman–Crippen LogP) is 2.68. The van der Waals surface area contributed by atoms with Crippen LogP contribution in [0, 0.1) is 0 Å². The van der Waals surface area contributed by atoms with Gasteiger partial charge in [-0.3, -0.25) is 0 Å². The maximum absolute atomic E-state index is 5.63. The summed E-state index contributed by atoms with van der Waals surface area (Å²) in [7, 11) is 0. The first kappa shape index (κ1) is 10.00. The molecule has 1 aliphatic rings. The van der Waals surface area contributed by atoms with Crippen LogP contribution in [-0.4, -0.2) is 4.98 Å². The van der Waals surface area contributed by atoms with Gasteiger partial charge in [0.15, 0.2) is 0 Å². The maximum atomic E-state index is 5.63. The van der Waals surface area contributed by atoms with Crippen molar-refractivity contribution in [2.45, 2.75) is 25.3 Å². The van der Waals surface area contributed by atoms with Gasteiger partial charge in [-0.2, -0.15) is 0 Å². The first-order valence-corrected chi connectivity index (χ1v) is 6.42. The fourth-order valence-corrected chi connectivity index (χ4v) is 3.34. The van der Waals surface area contributed by atoms with E-state index in [0.717, 1.165) is 0 Å². The standard InChI is InChI=1S/C13H14N2S/c14-7-10-8-15-13(16-10)12-6-5-9-3-1-2-4-11(9)12/h1-4,8,12H,5-7,14H2. The zero-order valence-electron chi connectivity index (χ0n) is 9.02. The molecule has 1 aromatic heterocycles. The second-order valence-corrected chi connectivity index (χ2v) is 5.31. The Kier molecular flexibility index (Phi) is 2.50. The quantitative estimate of drug-likeness (QED) is 0.861. The summed E-state index contributed by atoms with van der Waals surface area (Å²) in [6.07, 6.45) is 4.29. The number of benzene rings is 1. The molecule has 3 rings (SSSR count). The van der Waals surface area contributed by atoms with Crippen LogP contribution in [0.2, 0.25) is 0 Å². The van der Waals surface area contributed by atoms with E-state index in [2.05, 4.69) is 29.2 Å². The van der Waals surface area contributed by atoms with Gasteiger partial charge >= 0.3 is 0 Å². The molecule has 0 amide bonds. The number of fused-ring (bicyclic) bond motifs is 1. The third-order valence-corrected chi connectivity index (χ3v) is 4.34. The van der Waals surface area contributed by atoms with E-state index >= 15 is 0 Å². The van der Waals surface area contributed by atoms with Crippen LogP contribution in [0.15, 0.2) is 30.5 Å². The minimum atomic E-state index is 0.501. The minimum absolute atomic E-state index is 0.501. The summed E-state index contributed by atoms with van der Waals surface area (Å²) in [6, 6.07) is 8.70. The van der Waals surface area contributed by atoms with E-state index in [4.69, 9.17) is 5.73 Å². The largest absolute Gasteiger partial charge is 0.326 e. The Balaban J connectivity index is 1.98. The molecule has 0 radical (unpaired) electrons. The molecule has 1 aromatic carbocycles. The van der Waals surface area contributed by atoms with Gasteiger partial charge in [0, 0.05) is 23.5 Å². The lowest BCUT2D eigenvalue weighted by Gasteiger charge is -2.07. The first-order chi connectivity index (χ1) is 7.88. The molecule has 16 heavy (non-hydrogen) atoms. The molecule has 2 nitrogen and oxygen atoms in total. The summed E-state index contributed by atoms with van der Waals surface area (Å²) < 4.78 is 0. The lowest BCUT2D eigenvalue weighted by atomic mass is 10.0. The molecule has 3 heteroatoms. The van der Waals surface area contributed by atoms with Crippen molar-refractivity contribution in [1.29, 1.82) is 0 Å². The molecule has 0 saturated heterocycles. The van der Waals surface area contributed by atoms with Crippen molar-refractivity contribution in [2.75, 3.05) is 0 Å². The first-order valence-electron chi connectivity index (χ1n) is 5.61. The molecule has 1 unspecified atom stereocenters. The molecular formula is C13H14N2S. The van der Waals surface area contributed by atoms with Crippen molar-refractivity contribution in [3.05, 3.63) is 51.5 Å². The molecule has 0 fully saturated rings. The molecule has 1 atom stereocenters. The number of rotatable bonds is 2. The molecule has 2 aromatic rings. The zero-order chi connectivity index (χ0) is 11.0. The highest BCUT2D eigenvalue weighted by molar-refractivity contribution is 7.11. The predicted molar refractivity (Wildman–Crippen MR) is 66.6 cm³/mol. The summed E-state index contributed by atoms with van der Waals surface area (Å²) in [5.41, 5.74) is 8.57. The van der Waals surface area contributed by atoms with Crippen LogP contribution in [0.25, 0.3) is 0 Å². The van der Waals surface area contributed by atoms with Gasteiger partial charge in [0.2, 0.25) is 0 Å². The van der Waals surface area contributed by atoms with Crippen molar-refractivity contribution >= 4 is 11.3 Å². The van der Waals surface area contributed by atoms with Gasteiger partial charge in [-0.05, 0) is 24.0 Å². The normalized spacial score (nSPS) is 18.7. The number of thiazole rings is 1. The lowest BCUT2D eigenvalue weighted by molar-refractivity contribution is 0.780. The van der Waals surface area contributed by atoms with Crippen LogP contribution in [0.1, 0.15) is 33.4 Å². The van der Waals surface area contributed by atoms with E-state index < -0.39 is 0 Å². The minimum Gasteiger partial charge on any atom is -0.326 e. The average molecular weight is 230 g/mol. The van der Waals surface area contributed by atoms with Gasteiger partial charge in [0.25, 0.3) is 0 Å². The van der Waals surface area contributed by atoms with Crippen molar-refractivity contribution in [1.82, 2.24) is 4.98 Å². The third kappa shape index (κ3) is 1.56. The van der Waals surface area contributed by atoms with Gasteiger partial charge in [-0.15, -0.1) is 11.3 Å². The Hall–Kier alpha value is -1.19. The van der Waals surface area contributed by atoms with Crippen LogP contribution < -0.4 is 5.73 Å². The van der Waals surface area contributed by atoms with Crippen LogP contribution >= 0.6 is 11.3 Å². The molecule has 1 heterocycles. The Labute approximate surface area is 99.1 Å². The summed E-state index contributed by atoms with van der Waals surface area (Å²) in [5.74, 6) is 0.501. The Bertz CT molecular complexity index is 504. The number of hydrogen-bond donors (Lipinski definition) is 1. The number of hydrogen-bond acceptors (Lipinski definition) is 3. The number of nitrogens with zero attached hydrogens (tertiary/aromatic N) is 1. The van der Waals surface area contributed by atoms with Gasteiger partial charge in [-0.25, -0.2) is 4.98 Å². The molecule has 82 valence electrons. The summed E-state index contributed by atoms with van der Waals surface area (Å²) in [5, 5.41) is 1.23. The highest BCUT2D eigenvalue weighted by Crippen LogP contribution is 2.39. The van der Waals surface area contributed by atoms with Gasteiger partial charge < -0.3 is 5.73 Å². The number of aromatic nitrogens is 1. The molecule has 0 aliphatic heterocycles. The molecule has 0 saturated carbocycles. The smallest absolute Gasteiger partial charge is 0.100 e. The van der Waals surface area contributed by atoms with Crippen molar-refractivity contribution in [3.63, 3.8) is 0 Å². The topological polar surface area (TPSA) is 38.9 Å². The Morgan fingerprint density at radius 3 is 3.06 bits per heavy atom. The van der Waals surface area contributed by atoms with Crippen molar-refractivity contribution < 1.29 is 0 Å². The van der Waals surface area contributed by atoms with E-state index in [1.807, 2.05) is 6.20 Å². The monoisotopic (exact) mass is 230 g/mol. The molecule has 0 spiro atoms.